The Bertz CT molecular complexity index is 272. The lowest BCUT2D eigenvalue weighted by molar-refractivity contribution is -0.138. The SMILES string of the molecule is [2H][13C@@H]([15NH2])[12C]([2H])([2H])[12C]([2H])([2H])[13C@@H]([2H])[13C@H]([15NH2])[13C](=O)O. The van der Waals surface area contributed by atoms with Crippen LogP contribution in [0.4, 0.5) is 0 Å². The number of carboxylic acid groups (broad SMARTS) is 1. The highest BCUT2D eigenvalue weighted by atomic mass is 16.5. The molecule has 0 aromatic rings. The maximum absolute atomic E-state index is 10.5. The molecular weight excluding hydrogens is 138 g/mol. The van der Waals surface area contributed by atoms with Crippen LogP contribution in [0.1, 0.15) is 27.4 Å². The molecular formula is C6H14N2O2. The zero-order valence-electron chi connectivity index (χ0n) is 11.2. The Morgan fingerprint density at radius 2 is 2.30 bits per heavy atom. The predicted molar refractivity (Wildman–Crippen MR) is 38.5 cm³/mol. The van der Waals surface area contributed by atoms with Crippen molar-refractivity contribution in [3.63, 3.8) is 0 Å². The minimum absolute atomic E-state index is 1.61. The molecule has 0 unspecified atom stereocenters. The highest BCUT2D eigenvalue weighted by Gasteiger charge is 2.09. The number of hydrogen-bond donors (Lipinski definition) is 3. The van der Waals surface area contributed by atoms with E-state index >= 15 is 0 Å². The zero-order valence-corrected chi connectivity index (χ0v) is 5.24. The molecule has 0 radical (unpaired) electrons. The summed E-state index contributed by atoms with van der Waals surface area (Å²) < 4.78 is 43.5. The summed E-state index contributed by atoms with van der Waals surface area (Å²) in [7, 11) is 0. The van der Waals surface area contributed by atoms with Crippen molar-refractivity contribution in [3.05, 3.63) is 0 Å². The van der Waals surface area contributed by atoms with E-state index in [1.54, 1.807) is 0 Å². The Labute approximate surface area is 68.6 Å². The molecule has 0 aromatic carbocycles. The maximum atomic E-state index is 10.5. The molecule has 0 aliphatic heterocycles. The monoisotopic (exact) mass is 158 g/mol. The molecule has 0 spiro atoms. The first-order valence-corrected chi connectivity index (χ1v) is 2.54. The van der Waals surface area contributed by atoms with Crippen LogP contribution in [0.2, 0.25) is 0 Å². The number of aliphatic carboxylic acids is 1. The van der Waals surface area contributed by atoms with Gasteiger partial charge >= 0.3 is 5.97 Å². The van der Waals surface area contributed by atoms with Crippen molar-refractivity contribution < 1.29 is 18.1 Å². The van der Waals surface area contributed by atoms with Gasteiger partial charge in [-0.15, -0.1) is 0 Å². The Morgan fingerprint density at radius 3 is 2.70 bits per heavy atom. The topological polar surface area (TPSA) is 89.3 Å². The predicted octanol–water partition coefficient (Wildman–Crippen LogP) is -0.473. The van der Waals surface area contributed by atoms with Crippen molar-refractivity contribution in [1.29, 1.82) is 0 Å². The van der Waals surface area contributed by atoms with E-state index in [1.165, 1.54) is 0 Å². The summed E-state index contributed by atoms with van der Waals surface area (Å²) in [5.41, 5.74) is 10.00. The van der Waals surface area contributed by atoms with Gasteiger partial charge in [-0.3, -0.25) is 4.79 Å². The van der Waals surface area contributed by atoms with Gasteiger partial charge in [-0.1, -0.05) is 6.37 Å². The van der Waals surface area contributed by atoms with Gasteiger partial charge in [0.2, 0.25) is 0 Å². The molecule has 4 heteroatoms. The maximum Gasteiger partial charge on any atom is 0.320 e. The summed E-state index contributed by atoms with van der Waals surface area (Å²) in [5, 5.41) is 8.51. The number of rotatable bonds is 5. The summed E-state index contributed by atoms with van der Waals surface area (Å²) in [6.45, 7) is -1.93. The molecule has 4 nitrogen and oxygen atoms in total. The largest absolute Gasteiger partial charge is 0.480 e. The average molecular weight is 158 g/mol. The van der Waals surface area contributed by atoms with Crippen molar-refractivity contribution >= 4 is 5.97 Å². The van der Waals surface area contributed by atoms with Crippen LogP contribution < -0.4 is 11.5 Å². The van der Waals surface area contributed by atoms with Crippen LogP contribution >= 0.6 is 0 Å². The van der Waals surface area contributed by atoms with Crippen molar-refractivity contribution in [2.24, 2.45) is 11.5 Å². The molecule has 0 heterocycles. The number of carbonyl (C=O) groups is 1. The Morgan fingerprint density at radius 1 is 1.70 bits per heavy atom. The van der Waals surface area contributed by atoms with Crippen LogP contribution in [0, 0.1) is 0 Å². The molecule has 0 fully saturated rings. The second-order valence-electron chi connectivity index (χ2n) is 1.49. The van der Waals surface area contributed by atoms with Crippen LogP contribution in [0.25, 0.3) is 0 Å². The van der Waals surface area contributed by atoms with Gasteiger partial charge in [0.25, 0.3) is 0 Å². The van der Waals surface area contributed by atoms with E-state index in [0.717, 1.165) is 0 Å². The molecule has 0 saturated carbocycles. The third-order valence-electron chi connectivity index (χ3n) is 0.715. The number of carboxylic acids is 1. The molecule has 10 heavy (non-hydrogen) atoms. The van der Waals surface area contributed by atoms with E-state index in [-0.39, 0.29) is 0 Å². The smallest absolute Gasteiger partial charge is 0.320 e. The minimum atomic E-state index is -2.94. The highest BCUT2D eigenvalue weighted by Crippen LogP contribution is 1.96. The summed E-state index contributed by atoms with van der Waals surface area (Å²) in [6.07, 6.45) is -7.87. The van der Waals surface area contributed by atoms with E-state index in [4.69, 9.17) is 24.8 Å². The van der Waals surface area contributed by atoms with E-state index in [1.807, 2.05) is 0 Å². The third-order valence-corrected chi connectivity index (χ3v) is 0.715. The Balaban J connectivity index is 5.12. The van der Waals surface area contributed by atoms with Crippen LogP contribution in [0.3, 0.4) is 0 Å². The fourth-order valence-corrected chi connectivity index (χ4v) is 0.257. The minimum Gasteiger partial charge on any atom is -0.480 e. The van der Waals surface area contributed by atoms with Crippen molar-refractivity contribution in [2.45, 2.75) is 25.2 Å². The van der Waals surface area contributed by atoms with Gasteiger partial charge in [0.15, 0.2) is 0 Å². The van der Waals surface area contributed by atoms with E-state index < -0.39 is 37.7 Å². The van der Waals surface area contributed by atoms with Gasteiger partial charge in [0.1, 0.15) is 6.04 Å². The first kappa shape index (κ1) is 3.19. The molecule has 0 saturated heterocycles. The lowest BCUT2D eigenvalue weighted by Gasteiger charge is -2.03. The van der Waals surface area contributed by atoms with Crippen molar-refractivity contribution in [2.75, 3.05) is 6.52 Å². The quantitative estimate of drug-likeness (QED) is 0.372. The van der Waals surface area contributed by atoms with Gasteiger partial charge < -0.3 is 16.6 Å². The van der Waals surface area contributed by atoms with Crippen LogP contribution in [-0.4, -0.2) is 23.6 Å². The van der Waals surface area contributed by atoms with Crippen LogP contribution in [0.5, 0.6) is 0 Å². The molecule has 60 valence electrons. The third kappa shape index (κ3) is 4.29. The van der Waals surface area contributed by atoms with Crippen molar-refractivity contribution in [3.8, 4) is 0 Å². The second-order valence-corrected chi connectivity index (χ2v) is 1.49. The molecule has 0 aliphatic carbocycles. The summed E-state index contributed by atoms with van der Waals surface area (Å²) in [6, 6.07) is -1.89. The average Bonchev–Trinajstić information content (AvgIpc) is 2.14. The lowest BCUT2D eigenvalue weighted by atomic mass is 10.5. The zero-order chi connectivity index (χ0) is 13.3. The molecule has 0 bridgehead atoms. The van der Waals surface area contributed by atoms with Gasteiger partial charge in [0, 0.05) is 8.22 Å². The Kier molecular flexibility index (Phi) is 1.66. The van der Waals surface area contributed by atoms with Gasteiger partial charge in [-0.05, 0) is 19.3 Å². The van der Waals surface area contributed by atoms with Gasteiger partial charge in [-0.25, -0.2) is 0 Å². The number of hydrogen-bond acceptors (Lipinski definition) is 3. The molecule has 5 N–H and O–H groups in total. The normalized spacial score (nSPS) is 31.0. The number of nitrogens with two attached hydrogens (primary N) is 2. The summed E-state index contributed by atoms with van der Waals surface area (Å²) >= 11 is 0. The highest BCUT2D eigenvalue weighted by molar-refractivity contribution is 5.72. The van der Waals surface area contributed by atoms with Crippen molar-refractivity contribution in [1.82, 2.24) is 0 Å². The molecule has 0 aliphatic rings. The second kappa shape index (κ2) is 5.20. The summed E-state index contributed by atoms with van der Waals surface area (Å²) in [5.74, 6) is -1.61. The summed E-state index contributed by atoms with van der Waals surface area (Å²) in [4.78, 5) is 10.5. The van der Waals surface area contributed by atoms with E-state index in [2.05, 4.69) is 0 Å². The van der Waals surface area contributed by atoms with E-state index in [0.29, 0.717) is 0 Å². The molecule has 3 atom stereocenters. The lowest BCUT2D eigenvalue weighted by Crippen LogP contribution is -2.29. The van der Waals surface area contributed by atoms with Gasteiger partial charge in [0.05, 0.1) is 0 Å². The van der Waals surface area contributed by atoms with Crippen LogP contribution in [0.15, 0.2) is 0 Å². The molecule has 0 rings (SSSR count). The van der Waals surface area contributed by atoms with Gasteiger partial charge in [-0.2, -0.15) is 0 Å². The first-order chi connectivity index (χ1) is 6.96. The molecule has 0 amide bonds. The Hall–Kier alpha value is -0.610. The fourth-order valence-electron chi connectivity index (χ4n) is 0.257. The standard InChI is InChI=1S/C6H14N2O2/c7-4-2-1-3-5(8)6(9)10/h5H,1-4,7-8H2,(H,9,10)/t5-/m0/s1/i1+0D2,2+0D2,3+1D,4+1D,5+1,6+1,7+1,8+1/t3-,4-,5+/m1. The van der Waals surface area contributed by atoms with E-state index in [9.17, 15) is 4.79 Å². The fraction of sp³-hybridized carbons (Fsp3) is 0.833. The molecule has 0 aromatic heterocycles. The first-order valence-electron chi connectivity index (χ1n) is 5.70. The van der Waals surface area contributed by atoms with Crippen LogP contribution in [-0.2, 0) is 4.79 Å².